The van der Waals surface area contributed by atoms with Gasteiger partial charge in [0, 0.05) is 5.56 Å². The van der Waals surface area contributed by atoms with Gasteiger partial charge in [-0.2, -0.15) is 9.71 Å². The van der Waals surface area contributed by atoms with Crippen molar-refractivity contribution in [2.75, 3.05) is 0 Å². The number of hydrogen-bond acceptors (Lipinski definition) is 5. The largest absolute Gasteiger partial charge is 0.337 e. The van der Waals surface area contributed by atoms with E-state index in [0.717, 1.165) is 5.56 Å². The Morgan fingerprint density at radius 2 is 1.56 bits per heavy atom. The second-order valence-corrected chi connectivity index (χ2v) is 7.69. The van der Waals surface area contributed by atoms with Crippen LogP contribution in [0, 0.1) is 5.92 Å². The van der Waals surface area contributed by atoms with E-state index in [2.05, 4.69) is 14.9 Å². The van der Waals surface area contributed by atoms with Gasteiger partial charge in [-0.15, -0.1) is 0 Å². The first kappa shape index (κ1) is 17.3. The van der Waals surface area contributed by atoms with Gasteiger partial charge in [-0.3, -0.25) is 0 Å². The second-order valence-electron chi connectivity index (χ2n) is 5.98. The zero-order valence-corrected chi connectivity index (χ0v) is 14.8. The number of nitrogens with one attached hydrogen (secondary N) is 1. The summed E-state index contributed by atoms with van der Waals surface area (Å²) < 4.78 is 33.2. The molecule has 7 heteroatoms. The van der Waals surface area contributed by atoms with Gasteiger partial charge in [-0.05, 0) is 18.1 Å². The van der Waals surface area contributed by atoms with Crippen LogP contribution in [0.1, 0.15) is 25.8 Å². The van der Waals surface area contributed by atoms with Gasteiger partial charge >= 0.3 is 0 Å². The highest BCUT2D eigenvalue weighted by Crippen LogP contribution is 2.25. The minimum Gasteiger partial charge on any atom is -0.337 e. The predicted molar refractivity (Wildman–Crippen MR) is 94.1 cm³/mol. The van der Waals surface area contributed by atoms with Crippen molar-refractivity contribution in [1.82, 2.24) is 14.9 Å². The Labute approximate surface area is 147 Å². The highest BCUT2D eigenvalue weighted by Gasteiger charge is 2.28. The molecule has 2 aromatic carbocycles. The van der Waals surface area contributed by atoms with Crippen molar-refractivity contribution < 1.29 is 12.9 Å². The van der Waals surface area contributed by atoms with Gasteiger partial charge in [0.05, 0.1) is 4.90 Å². The molecule has 3 rings (SSSR count). The summed E-state index contributed by atoms with van der Waals surface area (Å²) in [5.74, 6) is 0.607. The molecule has 0 radical (unpaired) electrons. The molecule has 25 heavy (non-hydrogen) atoms. The number of hydrogen-bond donors (Lipinski definition) is 1. The summed E-state index contributed by atoms with van der Waals surface area (Å²) in [6.45, 7) is 3.79. The molecule has 0 spiro atoms. The molecule has 0 amide bonds. The first-order valence-corrected chi connectivity index (χ1v) is 9.42. The molecule has 1 heterocycles. The zero-order chi connectivity index (χ0) is 17.9. The molecule has 0 aliphatic carbocycles. The van der Waals surface area contributed by atoms with Crippen LogP contribution in [0.3, 0.4) is 0 Å². The summed E-state index contributed by atoms with van der Waals surface area (Å²) in [5, 5.41) is 3.97. The molecular formula is C18H19N3O3S. The fraction of sp³-hybridized carbons (Fsp3) is 0.222. The van der Waals surface area contributed by atoms with Crippen molar-refractivity contribution in [3.63, 3.8) is 0 Å². The van der Waals surface area contributed by atoms with E-state index in [-0.39, 0.29) is 16.7 Å². The van der Waals surface area contributed by atoms with Gasteiger partial charge in [-0.1, -0.05) is 67.5 Å². The molecule has 0 saturated heterocycles. The lowest BCUT2D eigenvalue weighted by molar-refractivity contribution is 0.311. The molecule has 0 bridgehead atoms. The molecule has 0 saturated carbocycles. The number of rotatable bonds is 6. The lowest BCUT2D eigenvalue weighted by Crippen LogP contribution is -2.32. The fourth-order valence-electron chi connectivity index (χ4n) is 2.37. The third kappa shape index (κ3) is 3.94. The van der Waals surface area contributed by atoms with Crippen LogP contribution in [0.2, 0.25) is 0 Å². The van der Waals surface area contributed by atoms with Crippen molar-refractivity contribution >= 4 is 10.0 Å². The van der Waals surface area contributed by atoms with E-state index in [1.165, 1.54) is 0 Å². The van der Waals surface area contributed by atoms with E-state index in [9.17, 15) is 8.42 Å². The summed E-state index contributed by atoms with van der Waals surface area (Å²) in [5.41, 5.74) is 0.811. The predicted octanol–water partition coefficient (Wildman–Crippen LogP) is 3.41. The monoisotopic (exact) mass is 357 g/mol. The molecule has 0 aliphatic heterocycles. The van der Waals surface area contributed by atoms with Crippen LogP contribution in [0.4, 0.5) is 0 Å². The van der Waals surface area contributed by atoms with Crippen molar-refractivity contribution in [3.05, 3.63) is 66.6 Å². The van der Waals surface area contributed by atoms with Crippen molar-refractivity contribution in [2.24, 2.45) is 5.92 Å². The summed E-state index contributed by atoms with van der Waals surface area (Å²) in [7, 11) is -3.69. The van der Waals surface area contributed by atoms with Gasteiger partial charge in [0.15, 0.2) is 0 Å². The molecule has 1 atom stereocenters. The highest BCUT2D eigenvalue weighted by atomic mass is 32.2. The van der Waals surface area contributed by atoms with Crippen molar-refractivity contribution in [1.29, 1.82) is 0 Å². The van der Waals surface area contributed by atoms with Crippen LogP contribution >= 0.6 is 0 Å². The third-order valence-electron chi connectivity index (χ3n) is 3.74. The van der Waals surface area contributed by atoms with Crippen LogP contribution in [0.15, 0.2) is 70.1 Å². The van der Waals surface area contributed by atoms with Crippen LogP contribution in [0.25, 0.3) is 11.4 Å². The lowest BCUT2D eigenvalue weighted by atomic mass is 10.1. The smallest absolute Gasteiger partial charge is 0.245 e. The first-order valence-electron chi connectivity index (χ1n) is 7.94. The number of benzene rings is 2. The van der Waals surface area contributed by atoms with Gasteiger partial charge in [0.1, 0.15) is 6.04 Å². The summed E-state index contributed by atoms with van der Waals surface area (Å²) in [4.78, 5) is 4.57. The van der Waals surface area contributed by atoms with Gasteiger partial charge in [0.25, 0.3) is 0 Å². The molecule has 3 aromatic rings. The van der Waals surface area contributed by atoms with Crippen LogP contribution < -0.4 is 4.72 Å². The number of nitrogens with zero attached hydrogens (tertiary/aromatic N) is 2. The van der Waals surface area contributed by atoms with Crippen molar-refractivity contribution in [3.8, 4) is 11.4 Å². The number of sulfonamides is 1. The maximum absolute atomic E-state index is 12.6. The van der Waals surface area contributed by atoms with Crippen LogP contribution in [-0.2, 0) is 10.0 Å². The first-order chi connectivity index (χ1) is 12.0. The SMILES string of the molecule is CC(C)[C@H](NS(=O)(=O)c1ccccc1)c1nc(-c2ccccc2)no1. The Morgan fingerprint density at radius 1 is 0.960 bits per heavy atom. The molecule has 1 aromatic heterocycles. The summed E-state index contributed by atoms with van der Waals surface area (Å²) in [6, 6.07) is 17.0. The van der Waals surface area contributed by atoms with Gasteiger partial charge in [0.2, 0.25) is 21.7 Å². The average molecular weight is 357 g/mol. The highest BCUT2D eigenvalue weighted by molar-refractivity contribution is 7.89. The molecular weight excluding hydrogens is 338 g/mol. The van der Waals surface area contributed by atoms with E-state index in [1.54, 1.807) is 30.3 Å². The maximum atomic E-state index is 12.6. The molecule has 0 aliphatic rings. The van der Waals surface area contributed by atoms with E-state index >= 15 is 0 Å². The minimum absolute atomic E-state index is 0.0671. The second kappa shape index (κ2) is 7.16. The summed E-state index contributed by atoms with van der Waals surface area (Å²) >= 11 is 0. The average Bonchev–Trinajstić information content (AvgIpc) is 3.11. The zero-order valence-electron chi connectivity index (χ0n) is 14.0. The standard InChI is InChI=1S/C18H19N3O3S/c1-13(2)16(21-25(22,23)15-11-7-4-8-12-15)18-19-17(20-24-18)14-9-5-3-6-10-14/h3-13,16,21H,1-2H3/t16-/m0/s1. The topological polar surface area (TPSA) is 85.1 Å². The Balaban J connectivity index is 1.89. The van der Waals surface area contributed by atoms with Crippen LogP contribution in [0.5, 0.6) is 0 Å². The molecule has 130 valence electrons. The Hall–Kier alpha value is -2.51. The lowest BCUT2D eigenvalue weighted by Gasteiger charge is -2.18. The van der Waals surface area contributed by atoms with E-state index in [4.69, 9.17) is 4.52 Å². The Bertz CT molecular complexity index is 922. The third-order valence-corrected chi connectivity index (χ3v) is 5.20. The Morgan fingerprint density at radius 3 is 2.16 bits per heavy atom. The van der Waals surface area contributed by atoms with E-state index in [0.29, 0.717) is 5.82 Å². The molecule has 6 nitrogen and oxygen atoms in total. The number of aromatic nitrogens is 2. The minimum atomic E-state index is -3.69. The molecule has 1 N–H and O–H groups in total. The fourth-order valence-corrected chi connectivity index (χ4v) is 3.73. The molecule has 0 fully saturated rings. The van der Waals surface area contributed by atoms with Gasteiger partial charge in [-0.25, -0.2) is 8.42 Å². The quantitative estimate of drug-likeness (QED) is 0.731. The maximum Gasteiger partial charge on any atom is 0.245 e. The van der Waals surface area contributed by atoms with Crippen molar-refractivity contribution in [2.45, 2.75) is 24.8 Å². The van der Waals surface area contributed by atoms with E-state index in [1.807, 2.05) is 44.2 Å². The summed E-state index contributed by atoms with van der Waals surface area (Å²) in [6.07, 6.45) is 0. The normalized spacial score (nSPS) is 13.1. The van der Waals surface area contributed by atoms with Crippen LogP contribution in [-0.4, -0.2) is 18.6 Å². The molecule has 0 unspecified atom stereocenters. The van der Waals surface area contributed by atoms with E-state index < -0.39 is 16.1 Å². The van der Waals surface area contributed by atoms with Gasteiger partial charge < -0.3 is 4.52 Å². The Kier molecular flexibility index (Phi) is 4.96.